The van der Waals surface area contributed by atoms with Crippen LogP contribution in [0.2, 0.25) is 0 Å². The molecule has 122 valence electrons. The van der Waals surface area contributed by atoms with Gasteiger partial charge in [0.1, 0.15) is 5.60 Å². The fourth-order valence-electron chi connectivity index (χ4n) is 2.42. The Morgan fingerprint density at radius 1 is 1.05 bits per heavy atom. The summed E-state index contributed by atoms with van der Waals surface area (Å²) in [6.07, 6.45) is 3.15. The molecule has 0 radical (unpaired) electrons. The molecule has 0 saturated heterocycles. The normalized spacial score (nSPS) is 22.8. The number of hydrogen-bond donors (Lipinski definition) is 2. The quantitative estimate of drug-likeness (QED) is 0.825. The first-order chi connectivity index (χ1) is 9.65. The maximum Gasteiger partial charge on any atom is 0.407 e. The molecule has 1 aliphatic rings. The van der Waals surface area contributed by atoms with E-state index in [1.807, 2.05) is 39.8 Å². The van der Waals surface area contributed by atoms with E-state index in [4.69, 9.17) is 4.74 Å². The van der Waals surface area contributed by atoms with Gasteiger partial charge in [-0.2, -0.15) is 0 Å². The van der Waals surface area contributed by atoms with E-state index in [1.165, 1.54) is 0 Å². The predicted octanol–water partition coefficient (Wildman–Crippen LogP) is 1.50. The van der Waals surface area contributed by atoms with Crippen LogP contribution >= 0.6 is 0 Å². The number of amides is 2. The Morgan fingerprint density at radius 2 is 1.52 bits per heavy atom. The van der Waals surface area contributed by atoms with E-state index in [0.29, 0.717) is 6.54 Å². The Kier molecular flexibility index (Phi) is 6.45. The van der Waals surface area contributed by atoms with Crippen LogP contribution in [0.1, 0.15) is 46.5 Å². The molecule has 21 heavy (non-hydrogen) atoms. The maximum atomic E-state index is 11.7. The molecule has 1 fully saturated rings. The summed E-state index contributed by atoms with van der Waals surface area (Å²) in [5.41, 5.74) is -0.471. The summed E-state index contributed by atoms with van der Waals surface area (Å²) in [7, 11) is 3.75. The highest BCUT2D eigenvalue weighted by Gasteiger charge is 2.25. The molecular weight excluding hydrogens is 270 g/mol. The minimum absolute atomic E-state index is 0.0588. The standard InChI is InChI=1S/C15H29N3O3/c1-15(2,3)21-14(20)17-12-8-6-11(7-9-12)16-13(19)10-18(4)5/h11-12H,6-10H2,1-5H3,(H,16,19)(H,17,20). The smallest absolute Gasteiger partial charge is 0.407 e. The minimum Gasteiger partial charge on any atom is -0.444 e. The van der Waals surface area contributed by atoms with Crippen LogP contribution < -0.4 is 10.6 Å². The summed E-state index contributed by atoms with van der Waals surface area (Å²) in [4.78, 5) is 25.2. The van der Waals surface area contributed by atoms with Crippen molar-refractivity contribution in [3.8, 4) is 0 Å². The van der Waals surface area contributed by atoms with Gasteiger partial charge in [-0.3, -0.25) is 4.79 Å². The lowest BCUT2D eigenvalue weighted by atomic mass is 9.91. The van der Waals surface area contributed by atoms with E-state index in [0.717, 1.165) is 25.7 Å². The van der Waals surface area contributed by atoms with Crippen LogP contribution in [0.4, 0.5) is 4.79 Å². The average molecular weight is 299 g/mol. The van der Waals surface area contributed by atoms with Crippen molar-refractivity contribution in [2.45, 2.75) is 64.1 Å². The van der Waals surface area contributed by atoms with E-state index >= 15 is 0 Å². The van der Waals surface area contributed by atoms with Gasteiger partial charge in [-0.25, -0.2) is 4.79 Å². The largest absolute Gasteiger partial charge is 0.444 e. The van der Waals surface area contributed by atoms with Crippen LogP contribution in [0.3, 0.4) is 0 Å². The second kappa shape index (κ2) is 7.64. The van der Waals surface area contributed by atoms with Gasteiger partial charge in [-0.05, 0) is 60.5 Å². The van der Waals surface area contributed by atoms with Crippen molar-refractivity contribution in [1.29, 1.82) is 0 Å². The summed E-state index contributed by atoms with van der Waals surface area (Å²) < 4.78 is 5.25. The number of alkyl carbamates (subject to hydrolysis) is 1. The first-order valence-corrected chi connectivity index (χ1v) is 7.59. The summed E-state index contributed by atoms with van der Waals surface area (Å²) in [6.45, 7) is 5.97. The van der Waals surface area contributed by atoms with Crippen molar-refractivity contribution >= 4 is 12.0 Å². The molecule has 2 amide bonds. The first kappa shape index (κ1) is 17.8. The van der Waals surface area contributed by atoms with Crippen LogP contribution in [0.25, 0.3) is 0 Å². The minimum atomic E-state index is -0.471. The van der Waals surface area contributed by atoms with Crippen LogP contribution in [0, 0.1) is 0 Å². The maximum absolute atomic E-state index is 11.7. The Labute approximate surface area is 127 Å². The fraction of sp³-hybridized carbons (Fsp3) is 0.867. The summed E-state index contributed by atoms with van der Waals surface area (Å²) >= 11 is 0. The van der Waals surface area contributed by atoms with E-state index in [1.54, 1.807) is 0 Å². The zero-order chi connectivity index (χ0) is 16.0. The molecule has 0 spiro atoms. The van der Waals surface area contributed by atoms with Crippen molar-refractivity contribution in [2.75, 3.05) is 20.6 Å². The third-order valence-electron chi connectivity index (χ3n) is 3.27. The third-order valence-corrected chi connectivity index (χ3v) is 3.27. The molecule has 0 heterocycles. The SMILES string of the molecule is CN(C)CC(=O)NC1CCC(NC(=O)OC(C)(C)C)CC1. The molecule has 6 nitrogen and oxygen atoms in total. The molecule has 0 unspecified atom stereocenters. The van der Waals surface area contributed by atoms with Crippen LogP contribution in [0.15, 0.2) is 0 Å². The van der Waals surface area contributed by atoms with Gasteiger partial charge in [0, 0.05) is 12.1 Å². The molecule has 1 aliphatic carbocycles. The van der Waals surface area contributed by atoms with E-state index in [-0.39, 0.29) is 24.1 Å². The molecule has 0 aliphatic heterocycles. The molecular formula is C15H29N3O3. The first-order valence-electron chi connectivity index (χ1n) is 7.59. The second-order valence-corrected chi connectivity index (χ2v) is 7.00. The number of hydrogen-bond acceptors (Lipinski definition) is 4. The van der Waals surface area contributed by atoms with Crippen molar-refractivity contribution in [1.82, 2.24) is 15.5 Å². The van der Waals surface area contributed by atoms with Crippen LogP contribution in [0.5, 0.6) is 0 Å². The summed E-state index contributed by atoms with van der Waals surface area (Å²) in [6, 6.07) is 0.357. The topological polar surface area (TPSA) is 70.7 Å². The Bertz CT molecular complexity index is 356. The predicted molar refractivity (Wildman–Crippen MR) is 82.1 cm³/mol. The van der Waals surface area contributed by atoms with Gasteiger partial charge in [-0.1, -0.05) is 0 Å². The number of likely N-dealkylation sites (N-methyl/N-ethyl adjacent to an activating group) is 1. The van der Waals surface area contributed by atoms with Crippen molar-refractivity contribution in [3.05, 3.63) is 0 Å². The van der Waals surface area contributed by atoms with E-state index in [2.05, 4.69) is 10.6 Å². The number of rotatable bonds is 4. The van der Waals surface area contributed by atoms with Gasteiger partial charge < -0.3 is 20.3 Å². The van der Waals surface area contributed by atoms with Crippen LogP contribution in [-0.4, -0.2) is 55.2 Å². The summed E-state index contributed by atoms with van der Waals surface area (Å²) in [5, 5.41) is 5.94. The highest BCUT2D eigenvalue weighted by molar-refractivity contribution is 5.78. The number of ether oxygens (including phenoxy) is 1. The molecule has 0 aromatic heterocycles. The number of carbonyl (C=O) groups excluding carboxylic acids is 2. The van der Waals surface area contributed by atoms with Crippen LogP contribution in [-0.2, 0) is 9.53 Å². The number of carbonyl (C=O) groups is 2. The highest BCUT2D eigenvalue weighted by atomic mass is 16.6. The zero-order valence-corrected chi connectivity index (χ0v) is 13.9. The van der Waals surface area contributed by atoms with Crippen molar-refractivity contribution in [3.63, 3.8) is 0 Å². The Hall–Kier alpha value is -1.30. The Balaban J connectivity index is 2.26. The van der Waals surface area contributed by atoms with Gasteiger partial charge in [0.2, 0.25) is 5.91 Å². The molecule has 1 rings (SSSR count). The second-order valence-electron chi connectivity index (χ2n) is 7.00. The van der Waals surface area contributed by atoms with Gasteiger partial charge in [0.15, 0.2) is 0 Å². The molecule has 0 bridgehead atoms. The molecule has 0 aromatic carbocycles. The van der Waals surface area contributed by atoms with Gasteiger partial charge in [0.05, 0.1) is 6.54 Å². The van der Waals surface area contributed by atoms with Gasteiger partial charge in [-0.15, -0.1) is 0 Å². The molecule has 2 N–H and O–H groups in total. The molecule has 6 heteroatoms. The molecule has 0 atom stereocenters. The number of nitrogens with one attached hydrogen (secondary N) is 2. The van der Waals surface area contributed by atoms with Crippen molar-refractivity contribution < 1.29 is 14.3 Å². The monoisotopic (exact) mass is 299 g/mol. The highest BCUT2D eigenvalue weighted by Crippen LogP contribution is 2.19. The number of nitrogens with zero attached hydrogens (tertiary/aromatic N) is 1. The van der Waals surface area contributed by atoms with E-state index in [9.17, 15) is 9.59 Å². The van der Waals surface area contributed by atoms with E-state index < -0.39 is 5.60 Å². The third kappa shape index (κ3) is 7.90. The fourth-order valence-corrected chi connectivity index (χ4v) is 2.42. The molecule has 0 aromatic rings. The van der Waals surface area contributed by atoms with Gasteiger partial charge in [0.25, 0.3) is 0 Å². The van der Waals surface area contributed by atoms with Gasteiger partial charge >= 0.3 is 6.09 Å². The molecule has 1 saturated carbocycles. The average Bonchev–Trinajstić information content (AvgIpc) is 2.27. The lowest BCUT2D eigenvalue weighted by Crippen LogP contribution is -2.46. The van der Waals surface area contributed by atoms with Crippen molar-refractivity contribution in [2.24, 2.45) is 0 Å². The lowest BCUT2D eigenvalue weighted by molar-refractivity contribution is -0.122. The zero-order valence-electron chi connectivity index (χ0n) is 13.9. The lowest BCUT2D eigenvalue weighted by Gasteiger charge is -2.30. The Morgan fingerprint density at radius 3 is 1.95 bits per heavy atom. The summed E-state index contributed by atoms with van der Waals surface area (Å²) in [5.74, 6) is 0.0588.